The van der Waals surface area contributed by atoms with Crippen LogP contribution in [0, 0.1) is 0 Å². The molecule has 0 unspecified atom stereocenters. The molecule has 3 heterocycles. The highest BCUT2D eigenvalue weighted by atomic mass is 32.2. The Morgan fingerprint density at radius 1 is 1.07 bits per heavy atom. The number of fused-ring (bicyclic) bond motifs is 1. The van der Waals surface area contributed by atoms with Gasteiger partial charge in [-0.25, -0.2) is 0 Å². The minimum atomic E-state index is -0.108. The van der Waals surface area contributed by atoms with E-state index >= 15 is 0 Å². The molecule has 4 rings (SSSR count). The molecular weight excluding hydrogens is 362 g/mol. The lowest BCUT2D eigenvalue weighted by Crippen LogP contribution is -2.53. The molecule has 1 atom stereocenters. The molecule has 27 heavy (non-hydrogen) atoms. The van der Waals surface area contributed by atoms with Gasteiger partial charge in [0.15, 0.2) is 5.76 Å². The van der Waals surface area contributed by atoms with Crippen molar-refractivity contribution in [3.8, 4) is 0 Å². The van der Waals surface area contributed by atoms with Gasteiger partial charge < -0.3 is 19.1 Å². The minimum Gasteiger partial charge on any atom is -0.459 e. The van der Waals surface area contributed by atoms with E-state index in [9.17, 15) is 9.59 Å². The lowest BCUT2D eigenvalue weighted by Gasteiger charge is -2.38. The lowest BCUT2D eigenvalue weighted by atomic mass is 10.2. The van der Waals surface area contributed by atoms with Gasteiger partial charge >= 0.3 is 0 Å². The molecular formula is C20H23N3O3S. The second-order valence-corrected chi connectivity index (χ2v) is 8.41. The van der Waals surface area contributed by atoms with Crippen LogP contribution in [0.4, 0.5) is 5.69 Å². The Kier molecular flexibility index (Phi) is 5.11. The van der Waals surface area contributed by atoms with Gasteiger partial charge in [-0.15, -0.1) is 11.8 Å². The summed E-state index contributed by atoms with van der Waals surface area (Å²) < 4.78 is 5.19. The largest absolute Gasteiger partial charge is 0.459 e. The quantitative estimate of drug-likeness (QED) is 0.813. The van der Waals surface area contributed by atoms with E-state index in [2.05, 4.69) is 24.0 Å². The van der Waals surface area contributed by atoms with Crippen LogP contribution in [0.1, 0.15) is 17.5 Å². The van der Waals surface area contributed by atoms with Crippen LogP contribution in [0.25, 0.3) is 0 Å². The Labute approximate surface area is 163 Å². The van der Waals surface area contributed by atoms with Crippen molar-refractivity contribution in [2.24, 2.45) is 0 Å². The van der Waals surface area contributed by atoms with Gasteiger partial charge in [-0.1, -0.05) is 19.1 Å². The number of furan rings is 1. The summed E-state index contributed by atoms with van der Waals surface area (Å²) in [5.41, 5.74) is 1.14. The lowest BCUT2D eigenvalue weighted by molar-refractivity contribution is -0.131. The Bertz CT molecular complexity index is 816. The van der Waals surface area contributed by atoms with Crippen molar-refractivity contribution in [2.45, 2.75) is 17.1 Å². The summed E-state index contributed by atoms with van der Waals surface area (Å²) in [5.74, 6) is 0.364. The number of hydrogen-bond acceptors (Lipinski definition) is 5. The van der Waals surface area contributed by atoms with Crippen LogP contribution in [0.5, 0.6) is 0 Å². The summed E-state index contributed by atoms with van der Waals surface area (Å²) in [7, 11) is 0. The van der Waals surface area contributed by atoms with Gasteiger partial charge in [0.25, 0.3) is 5.91 Å². The molecule has 2 amide bonds. The highest BCUT2D eigenvalue weighted by molar-refractivity contribution is 8.00. The van der Waals surface area contributed by atoms with Crippen LogP contribution in [-0.2, 0) is 4.79 Å². The van der Waals surface area contributed by atoms with E-state index in [-0.39, 0.29) is 11.8 Å². The maximum absolute atomic E-state index is 12.8. The normalized spacial score (nSPS) is 19.7. The molecule has 7 heteroatoms. The standard InChI is InChI=1S/C20H23N3O3S/c1-15-13-23(16-5-2-3-7-18(16)27-15)14-19(24)21-8-10-22(11-9-21)20(25)17-6-4-12-26-17/h2-7,12,15H,8-11,13-14H2,1H3/t15-/m1/s1. The molecule has 2 aliphatic heterocycles. The molecule has 0 bridgehead atoms. The van der Waals surface area contributed by atoms with E-state index in [1.54, 1.807) is 17.0 Å². The average molecular weight is 385 g/mol. The zero-order chi connectivity index (χ0) is 18.8. The number of carbonyl (C=O) groups is 2. The molecule has 6 nitrogen and oxygen atoms in total. The van der Waals surface area contributed by atoms with Crippen molar-refractivity contribution in [3.05, 3.63) is 48.4 Å². The van der Waals surface area contributed by atoms with Crippen molar-refractivity contribution in [1.29, 1.82) is 0 Å². The first kappa shape index (κ1) is 18.0. The fourth-order valence-electron chi connectivity index (χ4n) is 3.61. The van der Waals surface area contributed by atoms with E-state index < -0.39 is 0 Å². The molecule has 0 spiro atoms. The van der Waals surface area contributed by atoms with E-state index in [4.69, 9.17) is 4.42 Å². The number of carbonyl (C=O) groups excluding carboxylic acids is 2. The number of anilines is 1. The van der Waals surface area contributed by atoms with E-state index in [1.807, 2.05) is 28.8 Å². The van der Waals surface area contributed by atoms with Gasteiger partial charge in [-0.05, 0) is 24.3 Å². The maximum atomic E-state index is 12.8. The molecule has 2 aromatic rings. The van der Waals surface area contributed by atoms with Gasteiger partial charge in [0.2, 0.25) is 5.91 Å². The first-order valence-corrected chi connectivity index (χ1v) is 10.1. The summed E-state index contributed by atoms with van der Waals surface area (Å²) >= 11 is 1.86. The summed E-state index contributed by atoms with van der Waals surface area (Å²) in [6.07, 6.45) is 1.50. The molecule has 0 aliphatic carbocycles. The second-order valence-electron chi connectivity index (χ2n) is 6.93. The number of hydrogen-bond donors (Lipinski definition) is 0. The topological polar surface area (TPSA) is 57.0 Å². The highest BCUT2D eigenvalue weighted by Crippen LogP contribution is 2.37. The monoisotopic (exact) mass is 385 g/mol. The van der Waals surface area contributed by atoms with Gasteiger partial charge in [-0.2, -0.15) is 0 Å². The Balaban J connectivity index is 1.36. The van der Waals surface area contributed by atoms with Crippen molar-refractivity contribution >= 4 is 29.3 Å². The third kappa shape index (κ3) is 3.83. The first-order valence-electron chi connectivity index (χ1n) is 9.23. The van der Waals surface area contributed by atoms with Crippen LogP contribution >= 0.6 is 11.8 Å². The van der Waals surface area contributed by atoms with Crippen molar-refractivity contribution < 1.29 is 14.0 Å². The number of benzene rings is 1. The molecule has 0 N–H and O–H groups in total. The Morgan fingerprint density at radius 2 is 1.81 bits per heavy atom. The SMILES string of the molecule is C[C@@H]1CN(CC(=O)N2CCN(C(=O)c3ccco3)CC2)c2ccccc2S1. The van der Waals surface area contributed by atoms with Gasteiger partial charge in [-0.3, -0.25) is 9.59 Å². The zero-order valence-electron chi connectivity index (χ0n) is 15.3. The summed E-state index contributed by atoms with van der Waals surface area (Å²) in [6, 6.07) is 11.6. The minimum absolute atomic E-state index is 0.108. The fourth-order valence-corrected chi connectivity index (χ4v) is 4.77. The number of amides is 2. The fraction of sp³-hybridized carbons (Fsp3) is 0.400. The summed E-state index contributed by atoms with van der Waals surface area (Å²) in [5, 5.41) is 0.454. The molecule has 142 valence electrons. The average Bonchev–Trinajstić information content (AvgIpc) is 3.22. The van der Waals surface area contributed by atoms with Crippen molar-refractivity contribution in [3.63, 3.8) is 0 Å². The van der Waals surface area contributed by atoms with Crippen LogP contribution in [0.15, 0.2) is 52.0 Å². The van der Waals surface area contributed by atoms with Crippen molar-refractivity contribution in [1.82, 2.24) is 9.80 Å². The predicted octanol–water partition coefficient (Wildman–Crippen LogP) is 2.56. The number of nitrogens with zero attached hydrogens (tertiary/aromatic N) is 3. The Morgan fingerprint density at radius 3 is 2.56 bits per heavy atom. The third-order valence-corrected chi connectivity index (χ3v) is 6.14. The molecule has 0 radical (unpaired) electrons. The van der Waals surface area contributed by atoms with E-state index in [1.165, 1.54) is 11.2 Å². The van der Waals surface area contributed by atoms with E-state index in [0.717, 1.165) is 12.2 Å². The van der Waals surface area contributed by atoms with Crippen LogP contribution in [0.2, 0.25) is 0 Å². The van der Waals surface area contributed by atoms with Gasteiger partial charge in [0.05, 0.1) is 18.5 Å². The van der Waals surface area contributed by atoms with Crippen LogP contribution in [-0.4, -0.2) is 66.1 Å². The van der Waals surface area contributed by atoms with Crippen LogP contribution in [0.3, 0.4) is 0 Å². The number of piperazine rings is 1. The highest BCUT2D eigenvalue weighted by Gasteiger charge is 2.29. The smallest absolute Gasteiger partial charge is 0.289 e. The molecule has 2 aliphatic rings. The summed E-state index contributed by atoms with van der Waals surface area (Å²) in [4.78, 5) is 32.2. The maximum Gasteiger partial charge on any atom is 0.289 e. The third-order valence-electron chi connectivity index (χ3n) is 4.99. The van der Waals surface area contributed by atoms with Gasteiger partial charge in [0.1, 0.15) is 0 Å². The predicted molar refractivity (Wildman–Crippen MR) is 105 cm³/mol. The zero-order valence-corrected chi connectivity index (χ0v) is 16.2. The van der Waals surface area contributed by atoms with Gasteiger partial charge in [0, 0.05) is 42.9 Å². The molecule has 1 saturated heterocycles. The number of thioether (sulfide) groups is 1. The molecule has 1 aromatic heterocycles. The number of rotatable bonds is 3. The Hall–Kier alpha value is -2.41. The number of para-hydroxylation sites is 1. The van der Waals surface area contributed by atoms with Crippen molar-refractivity contribution in [2.75, 3.05) is 44.2 Å². The van der Waals surface area contributed by atoms with Crippen LogP contribution < -0.4 is 4.90 Å². The summed E-state index contributed by atoms with van der Waals surface area (Å²) in [6.45, 7) is 5.63. The molecule has 1 aromatic carbocycles. The molecule has 1 fully saturated rings. The molecule has 0 saturated carbocycles. The second kappa shape index (κ2) is 7.68. The van der Waals surface area contributed by atoms with E-state index in [0.29, 0.717) is 43.7 Å². The first-order chi connectivity index (χ1) is 13.1.